The maximum atomic E-state index is 3.62. The second-order valence-corrected chi connectivity index (χ2v) is 19.4. The van der Waals surface area contributed by atoms with Crippen LogP contribution in [0, 0.1) is 6.07 Å². The minimum absolute atomic E-state index is 1.24. The zero-order valence-electron chi connectivity index (χ0n) is 40.6. The minimum Gasteiger partial charge on any atom is -0.0654 e. The van der Waals surface area contributed by atoms with Crippen LogP contribution in [0.4, 0.5) is 0 Å². The standard InChI is InChI=1S/C58H109/c1-3-5-7-9-11-13-15-17-19-21-23-25-27-29-31-33-35-37-39-41-43-45-47-49-53-57-55-51-52-56-58(57)54-50-48-46-44-42-40-38-36-34-32-30-28-26-24-22-20-18-16-14-12-10-8-6-4-2/h51-52,55H,3-50,53-54H2,1-2H3. The highest BCUT2D eigenvalue weighted by molar-refractivity contribution is 5.26. The largest absolute Gasteiger partial charge is 0.0654 e. The van der Waals surface area contributed by atoms with Crippen molar-refractivity contribution in [3.63, 3.8) is 0 Å². The van der Waals surface area contributed by atoms with Crippen LogP contribution >= 0.6 is 0 Å². The van der Waals surface area contributed by atoms with Crippen LogP contribution in [0.15, 0.2) is 18.2 Å². The number of hydrogen-bond donors (Lipinski definition) is 0. The summed E-state index contributed by atoms with van der Waals surface area (Å²) < 4.78 is 0. The van der Waals surface area contributed by atoms with E-state index in [4.69, 9.17) is 0 Å². The van der Waals surface area contributed by atoms with E-state index in [0.717, 1.165) is 0 Å². The van der Waals surface area contributed by atoms with Crippen LogP contribution in [-0.2, 0) is 12.8 Å². The van der Waals surface area contributed by atoms with Gasteiger partial charge < -0.3 is 0 Å². The number of unbranched alkanes of at least 4 members (excludes halogenated alkanes) is 46. The Balaban J connectivity index is 1.79. The lowest BCUT2D eigenvalue weighted by molar-refractivity contribution is 0.516. The molecule has 0 spiro atoms. The highest BCUT2D eigenvalue weighted by Gasteiger charge is 2.04. The van der Waals surface area contributed by atoms with Crippen molar-refractivity contribution in [2.75, 3.05) is 0 Å². The predicted molar refractivity (Wildman–Crippen MR) is 266 cm³/mol. The highest BCUT2D eigenvalue weighted by atomic mass is 14.1. The first-order valence-corrected chi connectivity index (χ1v) is 27.9. The third-order valence-electron chi connectivity index (χ3n) is 13.6. The number of benzene rings is 1. The van der Waals surface area contributed by atoms with Gasteiger partial charge >= 0.3 is 0 Å². The van der Waals surface area contributed by atoms with Gasteiger partial charge in [0.25, 0.3) is 0 Å². The molecule has 0 aliphatic heterocycles. The summed E-state index contributed by atoms with van der Waals surface area (Å²) in [6.07, 6.45) is 72.7. The van der Waals surface area contributed by atoms with E-state index in [-0.39, 0.29) is 0 Å². The molecule has 1 rings (SSSR count). The van der Waals surface area contributed by atoms with Crippen molar-refractivity contribution in [1.82, 2.24) is 0 Å². The molecule has 0 unspecified atom stereocenters. The molecule has 0 bridgehead atoms. The highest BCUT2D eigenvalue weighted by Crippen LogP contribution is 2.20. The third kappa shape index (κ3) is 41.9. The molecule has 1 aromatic carbocycles. The molecule has 341 valence electrons. The Morgan fingerprint density at radius 3 is 0.707 bits per heavy atom. The van der Waals surface area contributed by atoms with E-state index in [1.165, 1.54) is 327 Å². The molecule has 0 nitrogen and oxygen atoms in total. The smallest absolute Gasteiger partial charge is 0.0146 e. The quantitative estimate of drug-likeness (QED) is 0.0576. The summed E-state index contributed by atoms with van der Waals surface area (Å²) in [5.41, 5.74) is 3.12. The molecule has 0 heterocycles. The lowest BCUT2D eigenvalue weighted by Gasteiger charge is -2.09. The molecule has 1 radical (unpaired) electrons. The summed E-state index contributed by atoms with van der Waals surface area (Å²) in [5.74, 6) is 0. The molecule has 0 saturated heterocycles. The summed E-state index contributed by atoms with van der Waals surface area (Å²) in [4.78, 5) is 0. The summed E-state index contributed by atoms with van der Waals surface area (Å²) in [6, 6.07) is 10.4. The molecule has 0 fully saturated rings. The summed E-state index contributed by atoms with van der Waals surface area (Å²) >= 11 is 0. The van der Waals surface area contributed by atoms with Crippen LogP contribution in [0.3, 0.4) is 0 Å². The Hall–Kier alpha value is -0.780. The number of hydrogen-bond acceptors (Lipinski definition) is 0. The first-order chi connectivity index (χ1) is 28.9. The van der Waals surface area contributed by atoms with E-state index in [2.05, 4.69) is 38.1 Å². The van der Waals surface area contributed by atoms with Crippen LogP contribution in [0.2, 0.25) is 0 Å². The van der Waals surface area contributed by atoms with E-state index in [9.17, 15) is 0 Å². The van der Waals surface area contributed by atoms with Gasteiger partial charge in [-0.05, 0) is 42.9 Å². The predicted octanol–water partition coefficient (Wildman–Crippen LogP) is 21.3. The van der Waals surface area contributed by atoms with Gasteiger partial charge in [-0.2, -0.15) is 0 Å². The van der Waals surface area contributed by atoms with Gasteiger partial charge in [0.15, 0.2) is 0 Å². The Labute approximate surface area is 368 Å². The molecule has 0 atom stereocenters. The van der Waals surface area contributed by atoms with Gasteiger partial charge in [0.05, 0.1) is 0 Å². The summed E-state index contributed by atoms with van der Waals surface area (Å²) in [7, 11) is 0. The Morgan fingerprint density at radius 2 is 0.466 bits per heavy atom. The van der Waals surface area contributed by atoms with Crippen LogP contribution in [0.1, 0.15) is 333 Å². The summed E-state index contributed by atoms with van der Waals surface area (Å²) in [6.45, 7) is 4.62. The average Bonchev–Trinajstić information content (AvgIpc) is 3.24. The Kier molecular flexibility index (Phi) is 46.6. The fourth-order valence-electron chi connectivity index (χ4n) is 9.52. The fraction of sp³-hybridized carbons (Fsp3) is 0.897. The van der Waals surface area contributed by atoms with Crippen molar-refractivity contribution in [2.24, 2.45) is 0 Å². The van der Waals surface area contributed by atoms with Crippen LogP contribution < -0.4 is 0 Å². The normalized spacial score (nSPS) is 11.6. The maximum absolute atomic E-state index is 3.62. The second kappa shape index (κ2) is 48.9. The van der Waals surface area contributed by atoms with Crippen molar-refractivity contribution in [3.8, 4) is 0 Å². The summed E-state index contributed by atoms with van der Waals surface area (Å²) in [5, 5.41) is 0. The number of rotatable bonds is 50. The molecule has 0 amide bonds. The first-order valence-electron chi connectivity index (χ1n) is 27.9. The lowest BCUT2D eigenvalue weighted by Crippen LogP contribution is -1.96. The van der Waals surface area contributed by atoms with Gasteiger partial charge in [0, 0.05) is 0 Å². The van der Waals surface area contributed by atoms with Crippen LogP contribution in [-0.4, -0.2) is 0 Å². The SMILES string of the molecule is CCCCCCCCCCCCCCCCCCCCCCCCCCc1[c]cccc1CCCCCCCCCCCCCCCCCCCCCCCCCC. The Morgan fingerprint density at radius 1 is 0.259 bits per heavy atom. The molecule has 1 aromatic rings. The van der Waals surface area contributed by atoms with Crippen LogP contribution in [0.5, 0.6) is 0 Å². The van der Waals surface area contributed by atoms with Gasteiger partial charge in [-0.25, -0.2) is 0 Å². The monoisotopic (exact) mass is 806 g/mol. The van der Waals surface area contributed by atoms with Crippen molar-refractivity contribution in [1.29, 1.82) is 0 Å². The molecular formula is C58H109. The molecule has 0 N–H and O–H groups in total. The first kappa shape index (κ1) is 55.2. The lowest BCUT2D eigenvalue weighted by atomic mass is 9.96. The zero-order valence-corrected chi connectivity index (χ0v) is 40.6. The molecule has 0 aromatic heterocycles. The van der Waals surface area contributed by atoms with Crippen molar-refractivity contribution >= 4 is 0 Å². The van der Waals surface area contributed by atoms with E-state index >= 15 is 0 Å². The van der Waals surface area contributed by atoms with Gasteiger partial charge in [-0.3, -0.25) is 0 Å². The van der Waals surface area contributed by atoms with Gasteiger partial charge in [0.2, 0.25) is 0 Å². The Bertz CT molecular complexity index is 798. The molecule has 0 saturated carbocycles. The van der Waals surface area contributed by atoms with Gasteiger partial charge in [-0.15, -0.1) is 0 Å². The van der Waals surface area contributed by atoms with Crippen molar-refractivity contribution in [3.05, 3.63) is 35.4 Å². The topological polar surface area (TPSA) is 0 Å². The van der Waals surface area contributed by atoms with Gasteiger partial charge in [0.1, 0.15) is 0 Å². The average molecular weight is 807 g/mol. The van der Waals surface area contributed by atoms with Crippen LogP contribution in [0.25, 0.3) is 0 Å². The van der Waals surface area contributed by atoms with Crippen molar-refractivity contribution < 1.29 is 0 Å². The van der Waals surface area contributed by atoms with E-state index in [0.29, 0.717) is 0 Å². The van der Waals surface area contributed by atoms with E-state index < -0.39 is 0 Å². The molecule has 58 heavy (non-hydrogen) atoms. The number of aryl methyl sites for hydroxylation is 2. The maximum Gasteiger partial charge on any atom is -0.0146 e. The van der Waals surface area contributed by atoms with E-state index in [1.807, 2.05) is 0 Å². The minimum atomic E-state index is 1.24. The second-order valence-electron chi connectivity index (χ2n) is 19.4. The van der Waals surface area contributed by atoms with Crippen molar-refractivity contribution in [2.45, 2.75) is 335 Å². The molecule has 0 aliphatic rings. The zero-order chi connectivity index (χ0) is 41.3. The van der Waals surface area contributed by atoms with Gasteiger partial charge in [-0.1, -0.05) is 327 Å². The molecule has 0 heteroatoms. The fourth-order valence-corrected chi connectivity index (χ4v) is 9.52. The molecular weight excluding hydrogens is 697 g/mol. The third-order valence-corrected chi connectivity index (χ3v) is 13.6. The van der Waals surface area contributed by atoms with E-state index in [1.54, 1.807) is 5.56 Å². The molecule has 0 aliphatic carbocycles.